The van der Waals surface area contributed by atoms with E-state index in [1.165, 1.54) is 17.0 Å². The van der Waals surface area contributed by atoms with E-state index in [1.54, 1.807) is 55.5 Å². The highest BCUT2D eigenvalue weighted by molar-refractivity contribution is 6.51. The maximum absolute atomic E-state index is 12.8. The molecule has 4 rings (SSSR count). The number of hydrogen-bond acceptors (Lipinski definition) is 6. The fourth-order valence-corrected chi connectivity index (χ4v) is 3.26. The molecule has 1 amide bonds. The Morgan fingerprint density at radius 3 is 2.36 bits per heavy atom. The minimum Gasteiger partial charge on any atom is -0.508 e. The van der Waals surface area contributed by atoms with Crippen molar-refractivity contribution in [3.05, 3.63) is 83.1 Å². The van der Waals surface area contributed by atoms with E-state index in [4.69, 9.17) is 4.52 Å². The number of hydrogen-bond donors (Lipinski definition) is 2. The zero-order valence-corrected chi connectivity index (χ0v) is 14.9. The zero-order valence-electron chi connectivity index (χ0n) is 14.9. The molecule has 2 aromatic carbocycles. The van der Waals surface area contributed by atoms with Crippen molar-refractivity contribution in [2.24, 2.45) is 0 Å². The number of carbonyl (C=O) groups excluding carboxylic acids is 2. The lowest BCUT2D eigenvalue weighted by Crippen LogP contribution is -2.29. The Labute approximate surface area is 160 Å². The van der Waals surface area contributed by atoms with Crippen LogP contribution in [0.1, 0.15) is 22.9 Å². The Kier molecular flexibility index (Phi) is 4.19. The fraction of sp³-hybridized carbons (Fsp3) is 0.0952. The van der Waals surface area contributed by atoms with Crippen molar-refractivity contribution in [2.75, 3.05) is 4.90 Å². The second-order valence-corrected chi connectivity index (χ2v) is 6.42. The van der Waals surface area contributed by atoms with Gasteiger partial charge in [0.25, 0.3) is 5.78 Å². The van der Waals surface area contributed by atoms with Gasteiger partial charge >= 0.3 is 5.91 Å². The van der Waals surface area contributed by atoms with Crippen LogP contribution in [0, 0.1) is 6.92 Å². The number of amides is 1. The normalized spacial score (nSPS) is 18.6. The van der Waals surface area contributed by atoms with Crippen LogP contribution in [0.15, 0.2) is 70.8 Å². The van der Waals surface area contributed by atoms with E-state index in [1.807, 2.05) is 0 Å². The lowest BCUT2D eigenvalue weighted by atomic mass is 9.95. The number of Topliss-reactive ketones (excluding diaryl/α,β-unsaturated/α-hetero) is 1. The third kappa shape index (κ3) is 2.83. The van der Waals surface area contributed by atoms with Gasteiger partial charge < -0.3 is 14.7 Å². The number of aromatic nitrogens is 1. The molecule has 0 saturated carbocycles. The number of aliphatic hydroxyl groups excluding tert-OH is 1. The molecule has 0 bridgehead atoms. The first-order chi connectivity index (χ1) is 13.5. The van der Waals surface area contributed by atoms with Gasteiger partial charge in [0.1, 0.15) is 17.3 Å². The monoisotopic (exact) mass is 376 g/mol. The number of aryl methyl sites for hydroxylation is 1. The molecule has 140 valence electrons. The summed E-state index contributed by atoms with van der Waals surface area (Å²) in [5, 5.41) is 24.3. The third-order valence-electron chi connectivity index (χ3n) is 4.56. The maximum Gasteiger partial charge on any atom is 0.301 e. The molecule has 1 aliphatic rings. The number of benzene rings is 2. The highest BCUT2D eigenvalue weighted by Crippen LogP contribution is 2.42. The average Bonchev–Trinajstić information content (AvgIpc) is 3.24. The van der Waals surface area contributed by atoms with Crippen LogP contribution in [0.2, 0.25) is 0 Å². The lowest BCUT2D eigenvalue weighted by Gasteiger charge is -2.22. The molecular weight excluding hydrogens is 360 g/mol. The number of anilines is 1. The highest BCUT2D eigenvalue weighted by Gasteiger charge is 2.48. The molecule has 0 spiro atoms. The van der Waals surface area contributed by atoms with Gasteiger partial charge in [-0.05, 0) is 24.6 Å². The minimum atomic E-state index is -0.912. The first-order valence-electron chi connectivity index (χ1n) is 8.56. The largest absolute Gasteiger partial charge is 0.508 e. The molecule has 0 aliphatic carbocycles. The summed E-state index contributed by atoms with van der Waals surface area (Å²) in [4.78, 5) is 26.9. The van der Waals surface area contributed by atoms with Gasteiger partial charge in [-0.1, -0.05) is 47.6 Å². The van der Waals surface area contributed by atoms with Crippen molar-refractivity contribution in [1.29, 1.82) is 0 Å². The van der Waals surface area contributed by atoms with Crippen LogP contribution in [-0.4, -0.2) is 27.1 Å². The fourth-order valence-electron chi connectivity index (χ4n) is 3.26. The van der Waals surface area contributed by atoms with E-state index in [0.717, 1.165) is 0 Å². The molecule has 3 aromatic rings. The summed E-state index contributed by atoms with van der Waals surface area (Å²) in [5.74, 6) is -1.22. The van der Waals surface area contributed by atoms with Crippen LogP contribution in [0.3, 0.4) is 0 Å². The maximum atomic E-state index is 12.8. The molecule has 0 radical (unpaired) electrons. The standard InChI is InChI=1S/C21H16N2O5/c1-12-11-16(22-28-12)23-18(13-7-9-15(24)10-8-13)17(20(26)21(23)27)19(25)14-5-3-2-4-6-14/h2-11,18,24-25H,1H3/b19-17+/t18-/m1/s1. The Bertz CT molecular complexity index is 1080. The number of phenolic OH excluding ortho intramolecular Hbond substituents is 1. The van der Waals surface area contributed by atoms with Crippen LogP contribution >= 0.6 is 0 Å². The number of aliphatic hydroxyl groups is 1. The first-order valence-corrected chi connectivity index (χ1v) is 8.56. The molecule has 1 aliphatic heterocycles. The van der Waals surface area contributed by atoms with Gasteiger partial charge in [0, 0.05) is 11.6 Å². The van der Waals surface area contributed by atoms with Gasteiger partial charge in [-0.25, -0.2) is 0 Å². The molecule has 1 aromatic heterocycles. The molecule has 1 saturated heterocycles. The number of ketones is 1. The summed E-state index contributed by atoms with van der Waals surface area (Å²) < 4.78 is 5.07. The second kappa shape index (κ2) is 6.70. The average molecular weight is 376 g/mol. The van der Waals surface area contributed by atoms with Crippen LogP contribution in [0.4, 0.5) is 5.82 Å². The zero-order chi connectivity index (χ0) is 19.8. The van der Waals surface area contributed by atoms with Crippen LogP contribution in [0.5, 0.6) is 5.75 Å². The van der Waals surface area contributed by atoms with Gasteiger partial charge in [0.15, 0.2) is 5.82 Å². The van der Waals surface area contributed by atoms with Crippen molar-refractivity contribution in [3.63, 3.8) is 0 Å². The highest BCUT2D eigenvalue weighted by atomic mass is 16.5. The van der Waals surface area contributed by atoms with Crippen molar-refractivity contribution < 1.29 is 24.3 Å². The Morgan fingerprint density at radius 1 is 1.07 bits per heavy atom. The molecule has 7 heteroatoms. The Morgan fingerprint density at radius 2 is 1.75 bits per heavy atom. The molecule has 2 N–H and O–H groups in total. The second-order valence-electron chi connectivity index (χ2n) is 6.42. The summed E-state index contributed by atoms with van der Waals surface area (Å²) in [6.45, 7) is 1.67. The lowest BCUT2D eigenvalue weighted by molar-refractivity contribution is -0.132. The predicted octanol–water partition coefficient (Wildman–Crippen LogP) is 3.31. The SMILES string of the molecule is Cc1cc(N2C(=O)C(=O)/C(=C(/O)c3ccccc3)[C@H]2c2ccc(O)cc2)no1. The quantitative estimate of drug-likeness (QED) is 0.413. The van der Waals surface area contributed by atoms with Crippen LogP contribution in [-0.2, 0) is 9.59 Å². The van der Waals surface area contributed by atoms with Gasteiger partial charge in [-0.15, -0.1) is 0 Å². The molecule has 1 atom stereocenters. The van der Waals surface area contributed by atoms with Gasteiger partial charge in [0.2, 0.25) is 0 Å². The van der Waals surface area contributed by atoms with E-state index < -0.39 is 17.7 Å². The number of phenols is 1. The third-order valence-corrected chi connectivity index (χ3v) is 4.56. The van der Waals surface area contributed by atoms with E-state index in [2.05, 4.69) is 5.16 Å². The topological polar surface area (TPSA) is 104 Å². The van der Waals surface area contributed by atoms with Crippen molar-refractivity contribution >= 4 is 23.3 Å². The number of rotatable bonds is 3. The summed E-state index contributed by atoms with van der Waals surface area (Å²) in [6.07, 6.45) is 0. The van der Waals surface area contributed by atoms with Crippen LogP contribution in [0.25, 0.3) is 5.76 Å². The summed E-state index contributed by atoms with van der Waals surface area (Å²) in [7, 11) is 0. The van der Waals surface area contributed by atoms with E-state index in [9.17, 15) is 19.8 Å². The van der Waals surface area contributed by atoms with E-state index in [-0.39, 0.29) is 22.9 Å². The molecule has 7 nitrogen and oxygen atoms in total. The summed E-state index contributed by atoms with van der Waals surface area (Å²) in [6, 6.07) is 15.2. The molecule has 28 heavy (non-hydrogen) atoms. The van der Waals surface area contributed by atoms with Gasteiger partial charge in [0.05, 0.1) is 11.6 Å². The number of nitrogens with zero attached hydrogens (tertiary/aromatic N) is 2. The first kappa shape index (κ1) is 17.5. The Hall–Kier alpha value is -3.87. The van der Waals surface area contributed by atoms with E-state index >= 15 is 0 Å². The molecule has 2 heterocycles. The molecule has 1 fully saturated rings. The van der Waals surface area contributed by atoms with Crippen LogP contribution < -0.4 is 4.90 Å². The smallest absolute Gasteiger partial charge is 0.301 e. The predicted molar refractivity (Wildman–Crippen MR) is 101 cm³/mol. The molecular formula is C21H16N2O5. The molecule has 0 unspecified atom stereocenters. The number of aromatic hydroxyl groups is 1. The van der Waals surface area contributed by atoms with E-state index in [0.29, 0.717) is 16.9 Å². The van der Waals surface area contributed by atoms with Crippen molar-refractivity contribution in [3.8, 4) is 5.75 Å². The summed E-state index contributed by atoms with van der Waals surface area (Å²) in [5.41, 5.74) is 0.901. The summed E-state index contributed by atoms with van der Waals surface area (Å²) >= 11 is 0. The van der Waals surface area contributed by atoms with Crippen molar-refractivity contribution in [1.82, 2.24) is 5.16 Å². The Balaban J connectivity index is 1.94. The van der Waals surface area contributed by atoms with Gasteiger partial charge in [-0.2, -0.15) is 0 Å². The van der Waals surface area contributed by atoms with Gasteiger partial charge in [-0.3, -0.25) is 14.5 Å². The van der Waals surface area contributed by atoms with Crippen molar-refractivity contribution in [2.45, 2.75) is 13.0 Å². The minimum absolute atomic E-state index is 0.0426. The number of carbonyl (C=O) groups is 2.